The van der Waals surface area contributed by atoms with E-state index in [1.165, 1.54) is 28.8 Å². The van der Waals surface area contributed by atoms with Crippen LogP contribution >= 0.6 is 23.1 Å². The fourth-order valence-electron chi connectivity index (χ4n) is 3.84. The number of ether oxygens (including phenoxy) is 1. The molecule has 1 aliphatic heterocycles. The SMILES string of the molecule is Cc1sc2nc(C(C)Sc3nnc(N4CCOCC4)n3-c3cccc(F)c3)nc(N)c2c1C. The van der Waals surface area contributed by atoms with Crippen LogP contribution in [0.1, 0.15) is 28.4 Å². The number of fused-ring (bicyclic) bond motifs is 1. The van der Waals surface area contributed by atoms with Gasteiger partial charge >= 0.3 is 0 Å². The lowest BCUT2D eigenvalue weighted by atomic mass is 10.2. The lowest BCUT2D eigenvalue weighted by Gasteiger charge is -2.28. The Hall–Kier alpha value is -2.76. The topological polar surface area (TPSA) is 95.0 Å². The lowest BCUT2D eigenvalue weighted by Crippen LogP contribution is -2.37. The first kappa shape index (κ1) is 22.1. The number of aryl methyl sites for hydroxylation is 2. The van der Waals surface area contributed by atoms with Gasteiger partial charge in [0.2, 0.25) is 5.95 Å². The fraction of sp³-hybridized carbons (Fsp3) is 0.364. The molecule has 0 amide bonds. The van der Waals surface area contributed by atoms with Crippen molar-refractivity contribution in [3.63, 3.8) is 0 Å². The zero-order chi connectivity index (χ0) is 23.1. The molecule has 8 nitrogen and oxygen atoms in total. The Morgan fingerprint density at radius 3 is 2.73 bits per heavy atom. The van der Waals surface area contributed by atoms with Gasteiger partial charge in [-0.15, -0.1) is 21.5 Å². The number of halogens is 1. The molecule has 1 atom stereocenters. The maximum Gasteiger partial charge on any atom is 0.232 e. The minimum Gasteiger partial charge on any atom is -0.383 e. The Morgan fingerprint density at radius 2 is 1.97 bits per heavy atom. The molecule has 0 spiro atoms. The van der Waals surface area contributed by atoms with E-state index >= 15 is 0 Å². The third-order valence-corrected chi connectivity index (χ3v) is 7.84. The Morgan fingerprint density at radius 1 is 1.18 bits per heavy atom. The highest BCUT2D eigenvalue weighted by molar-refractivity contribution is 7.99. The van der Waals surface area contributed by atoms with Crippen LogP contribution in [0.5, 0.6) is 0 Å². The molecule has 0 saturated carbocycles. The van der Waals surface area contributed by atoms with E-state index in [1.807, 2.05) is 24.5 Å². The van der Waals surface area contributed by atoms with Crippen molar-refractivity contribution in [1.82, 2.24) is 24.7 Å². The van der Waals surface area contributed by atoms with E-state index in [4.69, 9.17) is 15.5 Å². The summed E-state index contributed by atoms with van der Waals surface area (Å²) in [6.45, 7) is 8.73. The van der Waals surface area contributed by atoms with Gasteiger partial charge in [0.15, 0.2) is 5.16 Å². The molecular weight excluding hydrogens is 461 g/mol. The number of morpholine rings is 1. The van der Waals surface area contributed by atoms with Crippen molar-refractivity contribution in [2.75, 3.05) is 36.9 Å². The molecule has 3 aromatic heterocycles. The zero-order valence-electron chi connectivity index (χ0n) is 18.6. The van der Waals surface area contributed by atoms with Gasteiger partial charge in [0.25, 0.3) is 0 Å². The molecule has 4 heterocycles. The summed E-state index contributed by atoms with van der Waals surface area (Å²) in [5.74, 6) is 1.47. The van der Waals surface area contributed by atoms with Crippen LogP contribution in [0.25, 0.3) is 15.9 Å². The first-order valence-electron chi connectivity index (χ1n) is 10.7. The molecule has 4 aromatic rings. The van der Waals surface area contributed by atoms with Gasteiger partial charge in [-0.2, -0.15) is 0 Å². The number of hydrogen-bond acceptors (Lipinski definition) is 9. The highest BCUT2D eigenvalue weighted by Gasteiger charge is 2.25. The van der Waals surface area contributed by atoms with Crippen LogP contribution in [-0.4, -0.2) is 51.0 Å². The molecule has 1 aromatic carbocycles. The van der Waals surface area contributed by atoms with Crippen LogP contribution in [-0.2, 0) is 4.74 Å². The molecule has 5 rings (SSSR count). The van der Waals surface area contributed by atoms with Crippen LogP contribution in [0, 0.1) is 19.7 Å². The maximum absolute atomic E-state index is 14.1. The van der Waals surface area contributed by atoms with E-state index in [0.717, 1.165) is 15.8 Å². The first-order chi connectivity index (χ1) is 15.9. The normalized spacial score (nSPS) is 15.3. The standard InChI is InChI=1S/C22H24FN7OS2/c1-12-13(2)32-20-17(12)18(24)25-19(26-20)14(3)33-22-28-27-21(29-7-9-31-10-8-29)30(22)16-6-4-5-15(23)11-16/h4-6,11,14H,7-10H2,1-3H3,(H2,24,25,26). The number of anilines is 2. The first-order valence-corrected chi connectivity index (χ1v) is 12.4. The highest BCUT2D eigenvalue weighted by Crippen LogP contribution is 2.38. The number of thiophene rings is 1. The van der Waals surface area contributed by atoms with Gasteiger partial charge in [-0.05, 0) is 44.5 Å². The number of rotatable bonds is 5. The number of thioether (sulfide) groups is 1. The number of benzene rings is 1. The average molecular weight is 486 g/mol. The second-order valence-electron chi connectivity index (χ2n) is 7.89. The predicted molar refractivity (Wildman–Crippen MR) is 130 cm³/mol. The summed E-state index contributed by atoms with van der Waals surface area (Å²) in [7, 11) is 0. The van der Waals surface area contributed by atoms with Crippen molar-refractivity contribution in [2.45, 2.75) is 31.2 Å². The predicted octanol–water partition coefficient (Wildman–Crippen LogP) is 4.30. The van der Waals surface area contributed by atoms with E-state index in [9.17, 15) is 4.39 Å². The van der Waals surface area contributed by atoms with E-state index in [1.54, 1.807) is 17.4 Å². The van der Waals surface area contributed by atoms with Gasteiger partial charge in [-0.25, -0.2) is 14.4 Å². The summed E-state index contributed by atoms with van der Waals surface area (Å²) in [4.78, 5) is 13.6. The third-order valence-electron chi connectivity index (χ3n) is 5.70. The number of nitrogens with two attached hydrogens (primary N) is 1. The highest BCUT2D eigenvalue weighted by atomic mass is 32.2. The molecule has 0 bridgehead atoms. The molecule has 1 aliphatic rings. The largest absolute Gasteiger partial charge is 0.383 e. The molecule has 172 valence electrons. The molecule has 0 radical (unpaired) electrons. The van der Waals surface area contributed by atoms with E-state index in [-0.39, 0.29) is 11.1 Å². The van der Waals surface area contributed by atoms with Gasteiger partial charge in [-0.3, -0.25) is 4.57 Å². The monoisotopic (exact) mass is 485 g/mol. The molecule has 1 saturated heterocycles. The third kappa shape index (κ3) is 4.16. The summed E-state index contributed by atoms with van der Waals surface area (Å²) >= 11 is 3.09. The van der Waals surface area contributed by atoms with Crippen molar-refractivity contribution in [1.29, 1.82) is 0 Å². The second kappa shape index (κ2) is 8.88. The van der Waals surface area contributed by atoms with E-state index in [0.29, 0.717) is 54.7 Å². The van der Waals surface area contributed by atoms with E-state index in [2.05, 4.69) is 27.0 Å². The van der Waals surface area contributed by atoms with Crippen molar-refractivity contribution >= 4 is 45.1 Å². The molecule has 11 heteroatoms. The van der Waals surface area contributed by atoms with Crippen molar-refractivity contribution in [3.8, 4) is 5.69 Å². The Labute approximate surface area is 199 Å². The Balaban J connectivity index is 1.53. The van der Waals surface area contributed by atoms with Gasteiger partial charge in [0.05, 0.1) is 29.5 Å². The van der Waals surface area contributed by atoms with Crippen LogP contribution in [0.3, 0.4) is 0 Å². The summed E-state index contributed by atoms with van der Waals surface area (Å²) in [6.07, 6.45) is 0. The molecule has 1 unspecified atom stereocenters. The molecule has 33 heavy (non-hydrogen) atoms. The van der Waals surface area contributed by atoms with E-state index < -0.39 is 0 Å². The van der Waals surface area contributed by atoms with Crippen LogP contribution in [0.2, 0.25) is 0 Å². The average Bonchev–Trinajstić information content (AvgIpc) is 3.35. The number of nitrogen functional groups attached to an aromatic ring is 1. The van der Waals surface area contributed by atoms with Crippen molar-refractivity contribution < 1.29 is 9.13 Å². The van der Waals surface area contributed by atoms with Crippen LogP contribution in [0.15, 0.2) is 29.4 Å². The van der Waals surface area contributed by atoms with Crippen molar-refractivity contribution in [3.05, 3.63) is 46.3 Å². The lowest BCUT2D eigenvalue weighted by molar-refractivity contribution is 0.122. The van der Waals surface area contributed by atoms with Crippen LogP contribution in [0.4, 0.5) is 16.2 Å². The minimum absolute atomic E-state index is 0.145. The van der Waals surface area contributed by atoms with Gasteiger partial charge < -0.3 is 15.4 Å². The second-order valence-corrected chi connectivity index (χ2v) is 10.4. The van der Waals surface area contributed by atoms with Gasteiger partial charge in [-0.1, -0.05) is 17.8 Å². The molecule has 2 N–H and O–H groups in total. The summed E-state index contributed by atoms with van der Waals surface area (Å²) in [5.41, 5.74) is 8.08. The maximum atomic E-state index is 14.1. The number of aromatic nitrogens is 5. The number of nitrogens with zero attached hydrogens (tertiary/aromatic N) is 6. The minimum atomic E-state index is -0.317. The number of hydrogen-bond donors (Lipinski definition) is 1. The summed E-state index contributed by atoms with van der Waals surface area (Å²) in [5, 5.41) is 10.3. The van der Waals surface area contributed by atoms with Crippen molar-refractivity contribution in [2.24, 2.45) is 0 Å². The smallest absolute Gasteiger partial charge is 0.232 e. The molecular formula is C22H24FN7OS2. The summed E-state index contributed by atoms with van der Waals surface area (Å²) in [6, 6.07) is 6.45. The quantitative estimate of drug-likeness (QED) is 0.418. The zero-order valence-corrected chi connectivity index (χ0v) is 20.2. The fourth-order valence-corrected chi connectivity index (χ4v) is 5.79. The summed E-state index contributed by atoms with van der Waals surface area (Å²) < 4.78 is 21.5. The molecule has 1 fully saturated rings. The Bertz CT molecular complexity index is 1320. The Kier molecular flexibility index (Phi) is 5.94. The van der Waals surface area contributed by atoms with Gasteiger partial charge in [0.1, 0.15) is 22.3 Å². The molecule has 0 aliphatic carbocycles. The van der Waals surface area contributed by atoms with Crippen LogP contribution < -0.4 is 10.6 Å². The van der Waals surface area contributed by atoms with Gasteiger partial charge in [0, 0.05) is 18.0 Å².